The van der Waals surface area contributed by atoms with Crippen LogP contribution < -0.4 is 5.32 Å². The first-order chi connectivity index (χ1) is 7.78. The molecule has 1 atom stereocenters. The number of likely N-dealkylation sites (tertiary alicyclic amines) is 1. The van der Waals surface area contributed by atoms with Crippen LogP contribution in [0.2, 0.25) is 0 Å². The molecule has 90 valence electrons. The van der Waals surface area contributed by atoms with Gasteiger partial charge in [-0.25, -0.2) is 4.98 Å². The summed E-state index contributed by atoms with van der Waals surface area (Å²) in [6, 6.07) is 0.682. The van der Waals surface area contributed by atoms with Crippen molar-refractivity contribution >= 4 is 0 Å². The highest BCUT2D eigenvalue weighted by Crippen LogP contribution is 2.09. The molecule has 1 aromatic rings. The second-order valence-electron chi connectivity index (χ2n) is 4.43. The van der Waals surface area contributed by atoms with Crippen molar-refractivity contribution in [2.75, 3.05) is 26.2 Å². The summed E-state index contributed by atoms with van der Waals surface area (Å²) in [5.74, 6) is 0.953. The summed E-state index contributed by atoms with van der Waals surface area (Å²) < 4.78 is 1.76. The monoisotopic (exact) mass is 223 g/mol. The maximum Gasteiger partial charge on any atom is 0.151 e. The molecule has 0 amide bonds. The third kappa shape index (κ3) is 3.02. The normalized spacial score (nSPS) is 21.8. The van der Waals surface area contributed by atoms with Gasteiger partial charge in [-0.15, -0.1) is 0 Å². The Morgan fingerprint density at radius 2 is 2.44 bits per heavy atom. The lowest BCUT2D eigenvalue weighted by atomic mass is 10.3. The van der Waals surface area contributed by atoms with Gasteiger partial charge in [-0.05, 0) is 19.5 Å². The Bertz CT molecular complexity index is 322. The van der Waals surface area contributed by atoms with E-state index in [1.54, 1.807) is 11.0 Å². The number of nitrogens with zero attached hydrogens (tertiary/aromatic N) is 4. The Balaban J connectivity index is 1.71. The third-order valence-electron chi connectivity index (χ3n) is 3.06. The number of nitrogens with one attached hydrogen (secondary N) is 1. The Morgan fingerprint density at radius 1 is 1.56 bits per heavy atom. The molecular weight excluding hydrogens is 202 g/mol. The molecular formula is C11H21N5. The van der Waals surface area contributed by atoms with Crippen molar-refractivity contribution in [1.82, 2.24) is 25.0 Å². The van der Waals surface area contributed by atoms with Crippen LogP contribution in [0.25, 0.3) is 0 Å². The molecule has 5 heteroatoms. The predicted molar refractivity (Wildman–Crippen MR) is 63.2 cm³/mol. The molecule has 1 aromatic heterocycles. The van der Waals surface area contributed by atoms with Gasteiger partial charge >= 0.3 is 0 Å². The summed E-state index contributed by atoms with van der Waals surface area (Å²) in [6.07, 6.45) is 3.99. The van der Waals surface area contributed by atoms with Crippen LogP contribution in [0.4, 0.5) is 0 Å². The molecule has 1 unspecified atom stereocenters. The molecule has 1 aliphatic rings. The van der Waals surface area contributed by atoms with Crippen molar-refractivity contribution in [1.29, 1.82) is 0 Å². The molecule has 5 nitrogen and oxygen atoms in total. The van der Waals surface area contributed by atoms with E-state index in [4.69, 9.17) is 0 Å². The van der Waals surface area contributed by atoms with Gasteiger partial charge in [-0.2, -0.15) is 5.10 Å². The largest absolute Gasteiger partial charge is 0.313 e. The van der Waals surface area contributed by atoms with Crippen LogP contribution in [0.15, 0.2) is 6.33 Å². The highest BCUT2D eigenvalue weighted by molar-refractivity contribution is 4.86. The fourth-order valence-electron chi connectivity index (χ4n) is 2.25. The molecule has 2 heterocycles. The zero-order chi connectivity index (χ0) is 11.4. The van der Waals surface area contributed by atoms with E-state index in [9.17, 15) is 0 Å². The van der Waals surface area contributed by atoms with Gasteiger partial charge in [0.1, 0.15) is 6.33 Å². The molecule has 1 saturated heterocycles. The van der Waals surface area contributed by atoms with Gasteiger partial charge in [0.15, 0.2) is 5.82 Å². The Labute approximate surface area is 96.8 Å². The molecule has 0 spiro atoms. The molecule has 0 radical (unpaired) electrons. The minimum absolute atomic E-state index is 0.682. The average molecular weight is 223 g/mol. The first kappa shape index (κ1) is 11.5. The van der Waals surface area contributed by atoms with E-state index in [-0.39, 0.29) is 0 Å². The smallest absolute Gasteiger partial charge is 0.151 e. The zero-order valence-electron chi connectivity index (χ0n) is 10.2. The Kier molecular flexibility index (Phi) is 3.90. The molecule has 16 heavy (non-hydrogen) atoms. The lowest BCUT2D eigenvalue weighted by molar-refractivity contribution is 0.330. The molecule has 1 fully saturated rings. The minimum Gasteiger partial charge on any atom is -0.313 e. The van der Waals surface area contributed by atoms with Gasteiger partial charge in [0.05, 0.1) is 0 Å². The highest BCUT2D eigenvalue weighted by atomic mass is 15.3. The van der Waals surface area contributed by atoms with Crippen LogP contribution >= 0.6 is 0 Å². The second kappa shape index (κ2) is 5.41. The van der Waals surface area contributed by atoms with Crippen molar-refractivity contribution < 1.29 is 0 Å². The van der Waals surface area contributed by atoms with Crippen molar-refractivity contribution in [2.45, 2.75) is 25.8 Å². The number of aryl methyl sites for hydroxylation is 1. The summed E-state index contributed by atoms with van der Waals surface area (Å²) in [5.41, 5.74) is 0. The topological polar surface area (TPSA) is 46.0 Å². The maximum atomic E-state index is 4.29. The quantitative estimate of drug-likeness (QED) is 0.765. The molecule has 0 aliphatic carbocycles. The summed E-state index contributed by atoms with van der Waals surface area (Å²) >= 11 is 0. The van der Waals surface area contributed by atoms with E-state index < -0.39 is 0 Å². The number of aromatic nitrogens is 3. The van der Waals surface area contributed by atoms with E-state index in [1.807, 2.05) is 7.05 Å². The van der Waals surface area contributed by atoms with E-state index in [0.29, 0.717) is 6.04 Å². The molecule has 0 saturated carbocycles. The summed E-state index contributed by atoms with van der Waals surface area (Å²) in [5, 5.41) is 7.79. The fourth-order valence-corrected chi connectivity index (χ4v) is 2.25. The standard InChI is InChI=1S/C11H21N5/c1-3-12-10-4-6-16(8-10)7-5-11-13-9-15(2)14-11/h9-10,12H,3-8H2,1-2H3. The lowest BCUT2D eigenvalue weighted by Crippen LogP contribution is -2.33. The molecule has 0 aromatic carbocycles. The first-order valence-corrected chi connectivity index (χ1v) is 6.08. The van der Waals surface area contributed by atoms with Crippen LogP contribution in [-0.4, -0.2) is 51.9 Å². The SMILES string of the molecule is CCNC1CCN(CCc2ncn(C)n2)C1. The highest BCUT2D eigenvalue weighted by Gasteiger charge is 2.21. The van der Waals surface area contributed by atoms with Crippen LogP contribution in [0.3, 0.4) is 0 Å². The number of likely N-dealkylation sites (N-methyl/N-ethyl adjacent to an activating group) is 1. The van der Waals surface area contributed by atoms with Crippen molar-refractivity contribution in [3.8, 4) is 0 Å². The van der Waals surface area contributed by atoms with Crippen LogP contribution in [0, 0.1) is 0 Å². The van der Waals surface area contributed by atoms with Crippen molar-refractivity contribution in [2.24, 2.45) is 7.05 Å². The summed E-state index contributed by atoms with van der Waals surface area (Å²) in [7, 11) is 1.91. The van der Waals surface area contributed by atoms with Gasteiger partial charge in [0, 0.05) is 32.6 Å². The van der Waals surface area contributed by atoms with Gasteiger partial charge in [0.25, 0.3) is 0 Å². The van der Waals surface area contributed by atoms with Gasteiger partial charge in [0.2, 0.25) is 0 Å². The van der Waals surface area contributed by atoms with E-state index in [0.717, 1.165) is 25.3 Å². The van der Waals surface area contributed by atoms with Crippen LogP contribution in [0.1, 0.15) is 19.2 Å². The molecule has 2 rings (SSSR count). The minimum atomic E-state index is 0.682. The Morgan fingerprint density at radius 3 is 3.12 bits per heavy atom. The van der Waals surface area contributed by atoms with Crippen molar-refractivity contribution in [3.63, 3.8) is 0 Å². The number of hydrogen-bond donors (Lipinski definition) is 1. The number of hydrogen-bond acceptors (Lipinski definition) is 4. The number of rotatable bonds is 5. The molecule has 1 aliphatic heterocycles. The summed E-state index contributed by atoms with van der Waals surface area (Å²) in [4.78, 5) is 6.73. The fraction of sp³-hybridized carbons (Fsp3) is 0.818. The Hall–Kier alpha value is -0.940. The molecule has 0 bridgehead atoms. The second-order valence-corrected chi connectivity index (χ2v) is 4.43. The predicted octanol–water partition coefficient (Wildman–Crippen LogP) is 0.0414. The van der Waals surface area contributed by atoms with E-state index in [1.165, 1.54) is 19.5 Å². The zero-order valence-corrected chi connectivity index (χ0v) is 10.2. The van der Waals surface area contributed by atoms with Gasteiger partial charge < -0.3 is 10.2 Å². The average Bonchev–Trinajstić information content (AvgIpc) is 2.85. The lowest BCUT2D eigenvalue weighted by Gasteiger charge is -2.15. The van der Waals surface area contributed by atoms with E-state index >= 15 is 0 Å². The van der Waals surface area contributed by atoms with Crippen molar-refractivity contribution in [3.05, 3.63) is 12.2 Å². The van der Waals surface area contributed by atoms with Gasteiger partial charge in [-0.3, -0.25) is 4.68 Å². The third-order valence-corrected chi connectivity index (χ3v) is 3.06. The summed E-state index contributed by atoms with van der Waals surface area (Å²) in [6.45, 7) is 6.68. The van der Waals surface area contributed by atoms with Crippen LogP contribution in [-0.2, 0) is 13.5 Å². The first-order valence-electron chi connectivity index (χ1n) is 6.08. The van der Waals surface area contributed by atoms with Crippen LogP contribution in [0.5, 0.6) is 0 Å². The van der Waals surface area contributed by atoms with E-state index in [2.05, 4.69) is 27.2 Å². The maximum absolute atomic E-state index is 4.29. The molecule has 1 N–H and O–H groups in total. The van der Waals surface area contributed by atoms with Gasteiger partial charge in [-0.1, -0.05) is 6.92 Å².